The molecule has 5 heteroatoms. The molecule has 2 aromatic rings. The highest BCUT2D eigenvalue weighted by atomic mass is 19.2. The summed E-state index contributed by atoms with van der Waals surface area (Å²) in [7, 11) is 0. The molecule has 3 N–H and O–H groups in total. The van der Waals surface area contributed by atoms with Crippen molar-refractivity contribution in [2.45, 2.75) is 13.0 Å². The molecule has 1 atom stereocenters. The van der Waals surface area contributed by atoms with E-state index < -0.39 is 23.5 Å². The Hall–Kier alpha value is -1.85. The van der Waals surface area contributed by atoms with Gasteiger partial charge in [0.1, 0.15) is 5.82 Å². The number of rotatable bonds is 3. The summed E-state index contributed by atoms with van der Waals surface area (Å²) in [5, 5.41) is 0. The third-order valence-electron chi connectivity index (χ3n) is 2.96. The number of benzene rings is 2. The van der Waals surface area contributed by atoms with Crippen LogP contribution in [0.4, 0.5) is 13.2 Å². The molecule has 2 rings (SSSR count). The number of nitrogens with one attached hydrogen (secondary N) is 1. The van der Waals surface area contributed by atoms with Gasteiger partial charge in [-0.2, -0.15) is 0 Å². The molecule has 0 radical (unpaired) electrons. The minimum Gasteiger partial charge on any atom is -0.271 e. The second kappa shape index (κ2) is 5.42. The van der Waals surface area contributed by atoms with Crippen molar-refractivity contribution in [3.05, 3.63) is 70.5 Å². The molecule has 100 valence electrons. The standard InChI is InChI=1S/C14H13F3N2/c1-8-5-6-11(13(17)12(8)16)14(19-18)9-3-2-4-10(15)7-9/h2-7,14,19H,18H2,1H3. The largest absolute Gasteiger partial charge is 0.271 e. The Morgan fingerprint density at radius 2 is 1.79 bits per heavy atom. The summed E-state index contributed by atoms with van der Waals surface area (Å²) in [5.41, 5.74) is 3.04. The molecule has 0 aliphatic carbocycles. The molecule has 0 heterocycles. The number of nitrogens with two attached hydrogens (primary N) is 1. The fourth-order valence-electron chi connectivity index (χ4n) is 1.94. The van der Waals surface area contributed by atoms with Crippen molar-refractivity contribution in [2.24, 2.45) is 5.84 Å². The lowest BCUT2D eigenvalue weighted by atomic mass is 9.97. The van der Waals surface area contributed by atoms with Crippen LogP contribution in [0.25, 0.3) is 0 Å². The van der Waals surface area contributed by atoms with Gasteiger partial charge in [0.15, 0.2) is 11.6 Å². The minimum absolute atomic E-state index is 0.0381. The molecular weight excluding hydrogens is 253 g/mol. The van der Waals surface area contributed by atoms with Crippen LogP contribution in [0.1, 0.15) is 22.7 Å². The summed E-state index contributed by atoms with van der Waals surface area (Å²) >= 11 is 0. The van der Waals surface area contributed by atoms with Gasteiger partial charge in [-0.15, -0.1) is 0 Å². The van der Waals surface area contributed by atoms with E-state index >= 15 is 0 Å². The summed E-state index contributed by atoms with van der Waals surface area (Å²) in [6.45, 7) is 1.47. The first-order valence-electron chi connectivity index (χ1n) is 5.70. The predicted octanol–water partition coefficient (Wildman–Crippen LogP) is 2.97. The molecule has 0 amide bonds. The van der Waals surface area contributed by atoms with Crippen LogP contribution in [-0.2, 0) is 0 Å². The second-order valence-electron chi connectivity index (χ2n) is 4.25. The molecule has 0 aliphatic heterocycles. The Bertz CT molecular complexity index is 599. The Morgan fingerprint density at radius 3 is 2.42 bits per heavy atom. The van der Waals surface area contributed by atoms with E-state index in [1.807, 2.05) is 0 Å². The molecule has 2 nitrogen and oxygen atoms in total. The summed E-state index contributed by atoms with van der Waals surface area (Å²) in [6, 6.07) is 7.64. The number of hydrogen-bond acceptors (Lipinski definition) is 2. The molecule has 0 fully saturated rings. The third kappa shape index (κ3) is 2.62. The van der Waals surface area contributed by atoms with Gasteiger partial charge in [0.05, 0.1) is 6.04 Å². The SMILES string of the molecule is Cc1ccc(C(NN)c2cccc(F)c2)c(F)c1F. The molecular formula is C14H13F3N2. The topological polar surface area (TPSA) is 38.0 Å². The maximum Gasteiger partial charge on any atom is 0.164 e. The van der Waals surface area contributed by atoms with E-state index in [-0.39, 0.29) is 11.1 Å². The lowest BCUT2D eigenvalue weighted by molar-refractivity contribution is 0.478. The van der Waals surface area contributed by atoms with Crippen molar-refractivity contribution >= 4 is 0 Å². The molecule has 2 aromatic carbocycles. The summed E-state index contributed by atoms with van der Waals surface area (Å²) in [5.74, 6) is 3.01. The van der Waals surface area contributed by atoms with Gasteiger partial charge in [0, 0.05) is 5.56 Å². The normalized spacial score (nSPS) is 12.5. The van der Waals surface area contributed by atoms with Crippen LogP contribution in [0.5, 0.6) is 0 Å². The fraction of sp³-hybridized carbons (Fsp3) is 0.143. The Kier molecular flexibility index (Phi) is 3.87. The lowest BCUT2D eigenvalue weighted by Crippen LogP contribution is -2.30. The smallest absolute Gasteiger partial charge is 0.164 e. The molecule has 1 unspecified atom stereocenters. The van der Waals surface area contributed by atoms with Crippen molar-refractivity contribution in [3.63, 3.8) is 0 Å². The first-order chi connectivity index (χ1) is 9.04. The predicted molar refractivity (Wildman–Crippen MR) is 66.7 cm³/mol. The second-order valence-corrected chi connectivity index (χ2v) is 4.25. The van der Waals surface area contributed by atoms with Crippen LogP contribution in [0.2, 0.25) is 0 Å². The number of aryl methyl sites for hydroxylation is 1. The zero-order valence-corrected chi connectivity index (χ0v) is 10.3. The highest BCUT2D eigenvalue weighted by molar-refractivity contribution is 5.35. The Balaban J connectivity index is 2.51. The van der Waals surface area contributed by atoms with Gasteiger partial charge in [-0.05, 0) is 30.2 Å². The van der Waals surface area contributed by atoms with Crippen LogP contribution in [-0.4, -0.2) is 0 Å². The number of hydrazine groups is 1. The first-order valence-corrected chi connectivity index (χ1v) is 5.70. The molecule has 0 saturated carbocycles. The molecule has 0 spiro atoms. The van der Waals surface area contributed by atoms with E-state index in [1.54, 1.807) is 6.07 Å². The first kappa shape index (κ1) is 13.6. The maximum absolute atomic E-state index is 13.9. The number of hydrogen-bond donors (Lipinski definition) is 2. The van der Waals surface area contributed by atoms with E-state index in [4.69, 9.17) is 5.84 Å². The van der Waals surface area contributed by atoms with Crippen molar-refractivity contribution in [1.29, 1.82) is 0 Å². The van der Waals surface area contributed by atoms with Gasteiger partial charge in [0.2, 0.25) is 0 Å². The fourth-order valence-corrected chi connectivity index (χ4v) is 1.94. The minimum atomic E-state index is -0.979. The van der Waals surface area contributed by atoms with Gasteiger partial charge < -0.3 is 0 Å². The lowest BCUT2D eigenvalue weighted by Gasteiger charge is -2.18. The van der Waals surface area contributed by atoms with Crippen LogP contribution >= 0.6 is 0 Å². The van der Waals surface area contributed by atoms with Gasteiger partial charge >= 0.3 is 0 Å². The van der Waals surface area contributed by atoms with Crippen LogP contribution in [0, 0.1) is 24.4 Å². The Morgan fingerprint density at radius 1 is 1.05 bits per heavy atom. The van der Waals surface area contributed by atoms with Crippen LogP contribution in [0.15, 0.2) is 36.4 Å². The third-order valence-corrected chi connectivity index (χ3v) is 2.96. The van der Waals surface area contributed by atoms with Crippen molar-refractivity contribution < 1.29 is 13.2 Å². The van der Waals surface area contributed by atoms with E-state index in [0.717, 1.165) is 0 Å². The van der Waals surface area contributed by atoms with Crippen LogP contribution in [0.3, 0.4) is 0 Å². The van der Waals surface area contributed by atoms with Crippen molar-refractivity contribution in [1.82, 2.24) is 5.43 Å². The molecule has 0 aromatic heterocycles. The molecule has 0 aliphatic rings. The average Bonchev–Trinajstić information content (AvgIpc) is 2.40. The summed E-state index contributed by atoms with van der Waals surface area (Å²) in [4.78, 5) is 0. The molecule has 19 heavy (non-hydrogen) atoms. The van der Waals surface area contributed by atoms with Crippen molar-refractivity contribution in [3.8, 4) is 0 Å². The molecule has 0 saturated heterocycles. The highest BCUT2D eigenvalue weighted by Gasteiger charge is 2.20. The number of halogens is 3. The molecule has 0 bridgehead atoms. The zero-order chi connectivity index (χ0) is 14.0. The quantitative estimate of drug-likeness (QED) is 0.662. The summed E-state index contributed by atoms with van der Waals surface area (Å²) < 4.78 is 40.7. The Labute approximate surface area is 109 Å². The maximum atomic E-state index is 13.9. The van der Waals surface area contributed by atoms with Crippen molar-refractivity contribution in [2.75, 3.05) is 0 Å². The zero-order valence-electron chi connectivity index (χ0n) is 10.3. The average molecular weight is 266 g/mol. The van der Waals surface area contributed by atoms with Gasteiger partial charge in [-0.3, -0.25) is 5.84 Å². The van der Waals surface area contributed by atoms with Gasteiger partial charge in [-0.25, -0.2) is 18.6 Å². The monoisotopic (exact) mass is 266 g/mol. The van der Waals surface area contributed by atoms with Crippen LogP contribution < -0.4 is 11.3 Å². The highest BCUT2D eigenvalue weighted by Crippen LogP contribution is 2.26. The van der Waals surface area contributed by atoms with E-state index in [9.17, 15) is 13.2 Å². The van der Waals surface area contributed by atoms with E-state index in [1.165, 1.54) is 37.3 Å². The van der Waals surface area contributed by atoms with Gasteiger partial charge in [-0.1, -0.05) is 24.3 Å². The van der Waals surface area contributed by atoms with E-state index in [0.29, 0.717) is 5.56 Å². The van der Waals surface area contributed by atoms with Gasteiger partial charge in [0.25, 0.3) is 0 Å². The van der Waals surface area contributed by atoms with E-state index in [2.05, 4.69) is 5.43 Å². The summed E-state index contributed by atoms with van der Waals surface area (Å²) in [6.07, 6.45) is 0.